The van der Waals surface area contributed by atoms with E-state index in [4.69, 9.17) is 0 Å². The first kappa shape index (κ1) is 199. The van der Waals surface area contributed by atoms with Crippen molar-refractivity contribution >= 4 is 0 Å². The van der Waals surface area contributed by atoms with Gasteiger partial charge in [0.15, 0.2) is 0 Å². The van der Waals surface area contributed by atoms with Gasteiger partial charge >= 0.3 is 0 Å². The van der Waals surface area contributed by atoms with Crippen molar-refractivity contribution < 1.29 is 84.2 Å². The van der Waals surface area contributed by atoms with E-state index in [9.17, 15) is 0 Å². The molecular weight excluding hydrogens is 676 g/mol. The molecule has 5 nitrogen and oxygen atoms in total. The Labute approximate surface area is 114 Å². The molecule has 66 valence electrons. The van der Waals surface area contributed by atoms with Gasteiger partial charge in [0.05, 0.1) is 0 Å². The van der Waals surface area contributed by atoms with E-state index in [2.05, 4.69) is 0 Å². The van der Waals surface area contributed by atoms with Crippen molar-refractivity contribution in [3.05, 3.63) is 0 Å². The van der Waals surface area contributed by atoms with Gasteiger partial charge < -0.3 is 30.8 Å². The van der Waals surface area contributed by atoms with Gasteiger partial charge in [-0.15, -0.1) is 0 Å². The van der Waals surface area contributed by atoms with E-state index < -0.39 is 0 Å². The molecule has 0 atom stereocenters. The summed E-state index contributed by atoms with van der Waals surface area (Å²) in [6.45, 7) is 0. The first-order valence-electron chi connectivity index (χ1n) is 0. The Bertz CT molecular complexity index is 12.2. The summed E-state index contributed by atoms with van der Waals surface area (Å²) in [5.41, 5.74) is 0. The molecule has 0 saturated carbocycles. The van der Waals surface area contributed by atoms with Crippen molar-refractivity contribution in [3.63, 3.8) is 0 Å². The normalized spacial score (nSPS) is 0. The van der Waals surface area contributed by atoms with Gasteiger partial charge in [-0.05, 0) is 0 Å². The van der Waals surface area contributed by atoms with Gasteiger partial charge in [-0.1, -0.05) is 0 Å². The number of hydrogen-bond donors (Lipinski definition) is 5. The Morgan fingerprint density at radius 1 is 0.333 bits per heavy atom. The molecule has 4 radical (unpaired) electrons. The van der Waals surface area contributed by atoms with Crippen LogP contribution >= 0.6 is 0 Å². The summed E-state index contributed by atoms with van der Waals surface area (Å²) in [5.74, 6) is 0. The molecule has 0 amide bonds. The summed E-state index contributed by atoms with van der Waals surface area (Å²) < 4.78 is 0. The minimum atomic E-state index is 0. The largest absolute Gasteiger partial charge is 0.344 e. The van der Waals surface area contributed by atoms with Crippen LogP contribution in [0.1, 0.15) is 0 Å². The van der Waals surface area contributed by atoms with Crippen LogP contribution in [0, 0.1) is 0 Å². The van der Waals surface area contributed by atoms with Crippen LogP contribution in [-0.2, 0) is 84.2 Å². The molecule has 0 saturated heterocycles. The minimum absolute atomic E-state index is 0. The molecule has 0 aromatic heterocycles. The fourth-order valence-corrected chi connectivity index (χ4v) is 0. The van der Waals surface area contributed by atoms with Gasteiger partial charge in [-0.25, -0.2) is 0 Å². The summed E-state index contributed by atoms with van der Waals surface area (Å²) in [6.07, 6.45) is 0. The third-order valence-electron chi connectivity index (χ3n) is 0. The zero-order valence-electron chi connectivity index (χ0n) is 5.18. The molecule has 0 spiro atoms. The number of rotatable bonds is 0. The van der Waals surface area contributed by atoms with Crippen molar-refractivity contribution in [3.8, 4) is 0 Å². The molecule has 15 N–H and O–H groups in total. The summed E-state index contributed by atoms with van der Waals surface area (Å²) in [5, 5.41) is 0. The predicted octanol–water partition coefficient (Wildman–Crippen LogP) is 0.800. The predicted molar refractivity (Wildman–Crippen MR) is 25.1 cm³/mol. The van der Waals surface area contributed by atoms with E-state index in [-0.39, 0.29) is 115 Å². The number of hydrogen-bond acceptors (Lipinski definition) is 5. The fourth-order valence-electron chi connectivity index (χ4n) is 0. The zero-order chi connectivity index (χ0) is 0. The second-order valence-electron chi connectivity index (χ2n) is 0. The van der Waals surface area contributed by atoms with Gasteiger partial charge in [0.2, 0.25) is 0 Å². The van der Waals surface area contributed by atoms with Crippen molar-refractivity contribution in [1.29, 1.82) is 0 Å². The van der Waals surface area contributed by atoms with Crippen LogP contribution < -0.4 is 30.8 Å². The molecular formula is H15CuN5Ta3. The van der Waals surface area contributed by atoms with Crippen molar-refractivity contribution in [2.75, 3.05) is 0 Å². The maximum absolute atomic E-state index is 0. The van der Waals surface area contributed by atoms with Gasteiger partial charge in [0.1, 0.15) is 0 Å². The quantitative estimate of drug-likeness (QED) is 0.236. The molecule has 0 unspecified atom stereocenters. The van der Waals surface area contributed by atoms with Crippen LogP contribution in [0.4, 0.5) is 0 Å². The minimum Gasteiger partial charge on any atom is -0.344 e. The molecule has 0 rings (SSSR count). The summed E-state index contributed by atoms with van der Waals surface area (Å²) >= 11 is 0. The Kier molecular flexibility index (Phi) is 3280. The molecule has 0 heterocycles. The summed E-state index contributed by atoms with van der Waals surface area (Å²) in [6, 6.07) is 0. The fraction of sp³-hybridized carbons (Fsp3) is 0. The third kappa shape index (κ3) is 119. The van der Waals surface area contributed by atoms with E-state index >= 15 is 0 Å². The zero-order valence-corrected chi connectivity index (χ0v) is 15.8. The summed E-state index contributed by atoms with van der Waals surface area (Å²) in [4.78, 5) is 0. The third-order valence-corrected chi connectivity index (χ3v) is 0. The van der Waals surface area contributed by atoms with Gasteiger partial charge in [0.25, 0.3) is 0 Å². The molecule has 0 aromatic rings. The Morgan fingerprint density at radius 2 is 0.333 bits per heavy atom. The molecule has 0 bridgehead atoms. The second-order valence-corrected chi connectivity index (χ2v) is 0. The van der Waals surface area contributed by atoms with E-state index in [0.717, 1.165) is 0 Å². The van der Waals surface area contributed by atoms with E-state index in [1.807, 2.05) is 0 Å². The second kappa shape index (κ2) is 149. The molecule has 0 aliphatic heterocycles. The first-order chi connectivity index (χ1) is 0. The van der Waals surface area contributed by atoms with Crippen molar-refractivity contribution in [1.82, 2.24) is 30.8 Å². The molecule has 0 fully saturated rings. The Hall–Kier alpha value is 2.54. The topological polar surface area (TPSA) is 175 Å². The summed E-state index contributed by atoms with van der Waals surface area (Å²) in [7, 11) is 0. The van der Waals surface area contributed by atoms with Crippen LogP contribution in [-0.4, -0.2) is 0 Å². The van der Waals surface area contributed by atoms with Crippen molar-refractivity contribution in [2.45, 2.75) is 0 Å². The van der Waals surface area contributed by atoms with Crippen LogP contribution in [0.2, 0.25) is 0 Å². The SMILES string of the molecule is N.N.N.N.N.[Cu].[Ta].[Ta].[Ta]. The maximum atomic E-state index is 0. The molecule has 0 aromatic carbocycles. The van der Waals surface area contributed by atoms with Gasteiger partial charge in [0, 0.05) is 84.2 Å². The van der Waals surface area contributed by atoms with Gasteiger partial charge in [-0.2, -0.15) is 0 Å². The average Bonchev–Trinajstić information content (AvgIpc) is 0. The van der Waals surface area contributed by atoms with E-state index in [0.29, 0.717) is 0 Å². The molecule has 9 heavy (non-hydrogen) atoms. The Balaban J connectivity index is 0. The standard InChI is InChI=1S/Cu.5H3N.3Ta/h;5*1H3;;;. The molecule has 0 aliphatic rings. The molecule has 9 heteroatoms. The molecule has 0 aliphatic carbocycles. The van der Waals surface area contributed by atoms with Crippen molar-refractivity contribution in [2.24, 2.45) is 0 Å². The van der Waals surface area contributed by atoms with Crippen LogP contribution in [0.25, 0.3) is 0 Å². The Morgan fingerprint density at radius 3 is 0.333 bits per heavy atom. The van der Waals surface area contributed by atoms with E-state index in [1.165, 1.54) is 0 Å². The maximum Gasteiger partial charge on any atom is 0 e. The smallest absolute Gasteiger partial charge is 0 e. The van der Waals surface area contributed by atoms with E-state index in [1.54, 1.807) is 0 Å². The van der Waals surface area contributed by atoms with Gasteiger partial charge in [-0.3, -0.25) is 0 Å². The monoisotopic (exact) mass is 691 g/mol. The first-order valence-corrected chi connectivity index (χ1v) is 0. The van der Waals surface area contributed by atoms with Crippen LogP contribution in [0.15, 0.2) is 0 Å². The average molecular weight is 692 g/mol. The van der Waals surface area contributed by atoms with Crippen LogP contribution in [0.3, 0.4) is 0 Å². The van der Waals surface area contributed by atoms with Crippen LogP contribution in [0.5, 0.6) is 0 Å².